The molecule has 115 heavy (non-hydrogen) atoms. The monoisotopic (exact) mass is 1680 g/mol. The van der Waals surface area contributed by atoms with Gasteiger partial charge in [0.2, 0.25) is 23.6 Å². The van der Waals surface area contributed by atoms with Crippen molar-refractivity contribution in [3.63, 3.8) is 0 Å². The van der Waals surface area contributed by atoms with E-state index in [1.54, 1.807) is 23.5 Å². The number of piperazine rings is 2. The van der Waals surface area contributed by atoms with Gasteiger partial charge >= 0.3 is 5.51 Å². The molecule has 0 saturated carbocycles. The number of morpholine rings is 1. The van der Waals surface area contributed by atoms with Gasteiger partial charge in [-0.15, -0.1) is 23.1 Å². The summed E-state index contributed by atoms with van der Waals surface area (Å²) in [6, 6.07) is 31.5. The van der Waals surface area contributed by atoms with Crippen molar-refractivity contribution in [3.8, 4) is 10.4 Å². The number of halogens is 4. The third-order valence-electron chi connectivity index (χ3n) is 22.7. The van der Waals surface area contributed by atoms with Gasteiger partial charge in [0.05, 0.1) is 52.0 Å². The van der Waals surface area contributed by atoms with Crippen molar-refractivity contribution in [3.05, 3.63) is 160 Å². The number of allylic oxidation sites excluding steroid dienone is 1. The SMILES string of the molecule is Cc1ncsc1-c1ccc([C@H](C)NC(=O)[C@@H]2C[C@@H](O)CN2C(=O)[C@@H](NC(=O)CCCCCCCCCC(=O)N2CCN(CC3(C)CCC(c4ccc(Cl)cc4)=C(CN4CCN(c5ccc(C(=O)NS(=O)(=O)c6ccc(N[C@H](CCN7CCOCC7)CSc7ccccc7)c(S(=O)(=O)C(F)(F)F)c6)cc5)CC4)C3)CC2)C(C)(C)C)cc1. The number of nitrogens with one attached hydrogen (secondary N) is 4. The van der Waals surface area contributed by atoms with Gasteiger partial charge in [-0.1, -0.05) is 132 Å². The van der Waals surface area contributed by atoms with Crippen LogP contribution in [0.2, 0.25) is 5.02 Å². The second-order valence-corrected chi connectivity index (χ2v) is 38.6. The topological polar surface area (TPSA) is 264 Å². The van der Waals surface area contributed by atoms with E-state index in [2.05, 4.69) is 59.6 Å². The summed E-state index contributed by atoms with van der Waals surface area (Å²) < 4.78 is 105. The van der Waals surface area contributed by atoms with E-state index in [9.17, 15) is 59.1 Å². The van der Waals surface area contributed by atoms with E-state index >= 15 is 0 Å². The summed E-state index contributed by atoms with van der Waals surface area (Å²) in [5, 5.41) is 20.5. The number of aliphatic hydroxyl groups excluding tert-OH is 1. The van der Waals surface area contributed by atoms with E-state index in [0.29, 0.717) is 95.1 Å². The zero-order chi connectivity index (χ0) is 82.2. The van der Waals surface area contributed by atoms with Crippen molar-refractivity contribution in [1.29, 1.82) is 0 Å². The molecule has 6 atom stereocenters. The fourth-order valence-corrected chi connectivity index (χ4v) is 20.0. The number of aliphatic hydroxyl groups is 1. The molecule has 1 aromatic heterocycles. The van der Waals surface area contributed by atoms with Crippen LogP contribution in [-0.4, -0.2) is 221 Å². The van der Waals surface area contributed by atoms with Crippen molar-refractivity contribution in [2.45, 2.75) is 182 Å². The zero-order valence-corrected chi connectivity index (χ0v) is 70.8. The quantitative estimate of drug-likeness (QED) is 0.0186. The first-order valence-corrected chi connectivity index (χ1v) is 45.4. The molecular weight excluding hydrogens is 1570 g/mol. The summed E-state index contributed by atoms with van der Waals surface area (Å²) in [5.74, 6) is -1.49. The van der Waals surface area contributed by atoms with Crippen LogP contribution in [0.1, 0.15) is 158 Å². The molecular formula is C85H111ClF3N11O11S4. The number of sulfonamides is 1. The number of carbonyl (C=O) groups is 5. The molecule has 4 fully saturated rings. The van der Waals surface area contributed by atoms with E-state index in [4.69, 9.17) is 16.3 Å². The lowest BCUT2D eigenvalue weighted by molar-refractivity contribution is -0.144. The number of likely N-dealkylation sites (tertiary alicyclic amines) is 1. The smallest absolute Gasteiger partial charge is 0.391 e. The Morgan fingerprint density at radius 1 is 0.757 bits per heavy atom. The first-order valence-electron chi connectivity index (χ1n) is 40.2. The maximum atomic E-state index is 14.4. The lowest BCUT2D eigenvalue weighted by Crippen LogP contribution is -2.57. The molecule has 5 aromatic carbocycles. The molecule has 5 amide bonds. The Morgan fingerprint density at radius 3 is 2.04 bits per heavy atom. The number of hydrogen-bond acceptors (Lipinski definition) is 19. The number of anilines is 2. The molecule has 11 rings (SSSR count). The number of rotatable bonds is 34. The zero-order valence-electron chi connectivity index (χ0n) is 66.7. The standard InChI is InChI=1S/C85H111ClF3N11O11S4/c1-59(61-21-23-63(24-22-61)78-60(2)90-58-113-78)91-81(105)74-51-69(101)55-100(74)82(106)79(83(3,4)5)93-76(102)19-15-10-8-7-9-11-16-20-77(103)99-45-41-97(42-46-99)57-84(6)37-35-72(62-25-29-66(86)30-26-62)65(53-84)54-96-39-43-98(44-40-96)68-31-27-64(28-32-68)80(104)94-115(109,110)71-33-34-73(75(52-71)114(107,108)85(87,88)89)92-67(36-38-95-47-49-111-50-48-95)56-112-70-17-13-12-14-18-70/h12-14,17-18,21-34,52,58-59,67,69,74,79,92,101H,7-11,15-16,19-20,35-51,53-57H2,1-6H3,(H,91,105)(H,93,102)(H,94,104)/t59-,67+,69+,74-,79+,84?/m0/s1. The average Bonchev–Trinajstić information content (AvgIpc) is 1.36. The number of benzene rings is 5. The summed E-state index contributed by atoms with van der Waals surface area (Å²) >= 11 is 9.41. The minimum atomic E-state index is -6.11. The van der Waals surface area contributed by atoms with E-state index < -0.39 is 76.4 Å². The number of unbranched alkanes of at least 4 members (excludes halogenated alkanes) is 6. The predicted octanol–water partition coefficient (Wildman–Crippen LogP) is 13.3. The number of hydrogen-bond donors (Lipinski definition) is 5. The summed E-state index contributed by atoms with van der Waals surface area (Å²) in [4.78, 5) is 85.7. The number of nitrogens with zero attached hydrogens (tertiary/aromatic N) is 7. The molecule has 1 unspecified atom stereocenters. The van der Waals surface area contributed by atoms with Crippen LogP contribution in [0, 0.1) is 17.8 Å². The Labute approximate surface area is 689 Å². The summed E-state index contributed by atoms with van der Waals surface area (Å²) in [6.07, 6.45) is 9.45. The molecule has 624 valence electrons. The second kappa shape index (κ2) is 39.9. The van der Waals surface area contributed by atoms with Crippen LogP contribution in [0.5, 0.6) is 0 Å². The van der Waals surface area contributed by atoms with Crippen LogP contribution in [0.15, 0.2) is 147 Å². The van der Waals surface area contributed by atoms with Crippen LogP contribution in [0.25, 0.3) is 16.0 Å². The molecule has 30 heteroatoms. The van der Waals surface area contributed by atoms with Crippen molar-refractivity contribution in [1.82, 2.24) is 44.8 Å². The number of thiazole rings is 1. The van der Waals surface area contributed by atoms with Crippen LogP contribution >= 0.6 is 34.7 Å². The van der Waals surface area contributed by atoms with Gasteiger partial charge in [-0.2, -0.15) is 13.2 Å². The number of ether oxygens (including phenoxy) is 1. The van der Waals surface area contributed by atoms with Crippen molar-refractivity contribution in [2.75, 3.05) is 121 Å². The Bertz CT molecular complexity index is 4560. The number of aryl methyl sites for hydroxylation is 1. The molecule has 0 radical (unpaired) electrons. The van der Waals surface area contributed by atoms with Gasteiger partial charge in [0.25, 0.3) is 25.8 Å². The molecule has 1 aliphatic carbocycles. The highest BCUT2D eigenvalue weighted by Crippen LogP contribution is 2.45. The van der Waals surface area contributed by atoms with Crippen LogP contribution in [0.4, 0.5) is 24.5 Å². The third-order valence-corrected chi connectivity index (χ3v) is 28.0. The van der Waals surface area contributed by atoms with Crippen LogP contribution in [-0.2, 0) is 43.8 Å². The molecule has 4 aliphatic heterocycles. The minimum Gasteiger partial charge on any atom is -0.391 e. The Morgan fingerprint density at radius 2 is 1.40 bits per heavy atom. The summed E-state index contributed by atoms with van der Waals surface area (Å²) in [7, 11) is -11.0. The molecule has 22 nitrogen and oxygen atoms in total. The van der Waals surface area contributed by atoms with Gasteiger partial charge in [-0.25, -0.2) is 26.5 Å². The van der Waals surface area contributed by atoms with Gasteiger partial charge in [0.1, 0.15) is 17.0 Å². The Balaban J connectivity index is 0.596. The van der Waals surface area contributed by atoms with Gasteiger partial charge < -0.3 is 40.5 Å². The van der Waals surface area contributed by atoms with Crippen molar-refractivity contribution >= 4 is 101 Å². The third kappa shape index (κ3) is 24.2. The number of β-amino-alcohol motifs (C(OH)–C–C–N with tert-alkyl or cyclic N) is 1. The lowest BCUT2D eigenvalue weighted by atomic mass is 9.71. The fourth-order valence-electron chi connectivity index (χ4n) is 16.1. The van der Waals surface area contributed by atoms with Gasteiger partial charge in [-0.3, -0.25) is 38.7 Å². The molecule has 4 saturated heterocycles. The van der Waals surface area contributed by atoms with E-state index in [0.717, 1.165) is 147 Å². The number of thioether (sulfide) groups is 1. The normalized spacial score (nSPS) is 19.9. The summed E-state index contributed by atoms with van der Waals surface area (Å²) in [6.45, 7) is 22.3. The average molecular weight is 1680 g/mol. The minimum absolute atomic E-state index is 0.00170. The highest BCUT2D eigenvalue weighted by molar-refractivity contribution is 7.99. The number of aromatic nitrogens is 1. The van der Waals surface area contributed by atoms with Crippen molar-refractivity contribution < 1.29 is 63.8 Å². The van der Waals surface area contributed by atoms with Crippen LogP contribution in [0.3, 0.4) is 0 Å². The first-order chi connectivity index (χ1) is 54.8. The molecule has 6 aromatic rings. The molecule has 5 aliphatic rings. The predicted molar refractivity (Wildman–Crippen MR) is 447 cm³/mol. The molecule has 0 bridgehead atoms. The van der Waals surface area contributed by atoms with Crippen molar-refractivity contribution in [2.24, 2.45) is 10.8 Å². The van der Waals surface area contributed by atoms with Gasteiger partial charge in [0, 0.05) is 144 Å². The highest BCUT2D eigenvalue weighted by Gasteiger charge is 2.49. The van der Waals surface area contributed by atoms with E-state index in [-0.39, 0.29) is 60.0 Å². The fraction of sp³-hybridized carbons (Fsp3) is 0.529. The first kappa shape index (κ1) is 88.4. The van der Waals surface area contributed by atoms with E-state index in [1.807, 2.05) is 116 Å². The molecule has 5 N–H and O–H groups in total. The lowest BCUT2D eigenvalue weighted by Gasteiger charge is -2.44. The Kier molecular flexibility index (Phi) is 30.6. The largest absolute Gasteiger partial charge is 0.501 e. The van der Waals surface area contributed by atoms with Gasteiger partial charge in [0.15, 0.2) is 0 Å². The second-order valence-electron chi connectivity index (χ2n) is 32.6. The maximum Gasteiger partial charge on any atom is 0.501 e. The number of amides is 5. The van der Waals surface area contributed by atoms with Crippen LogP contribution < -0.4 is 25.6 Å². The number of sulfone groups is 1. The van der Waals surface area contributed by atoms with Gasteiger partial charge in [-0.05, 0) is 152 Å². The highest BCUT2D eigenvalue weighted by atomic mass is 35.5. The molecule has 0 spiro atoms. The Hall–Kier alpha value is -7.45. The summed E-state index contributed by atoms with van der Waals surface area (Å²) in [5.41, 5.74) is 2.52. The maximum absolute atomic E-state index is 14.4. The van der Waals surface area contributed by atoms with E-state index in [1.165, 1.54) is 39.9 Å². The number of carbonyl (C=O) groups excluding carboxylic acids is 5. The number of alkyl halides is 3. The molecule has 5 heterocycles.